The van der Waals surface area contributed by atoms with E-state index in [1.807, 2.05) is 26.0 Å². The number of hydrogen-bond donors (Lipinski definition) is 0. The largest absolute Gasteiger partial charge is 0.494 e. The summed E-state index contributed by atoms with van der Waals surface area (Å²) in [5.74, 6) is 0.908. The normalized spacial score (nSPS) is 10.3. The maximum absolute atomic E-state index is 6.05. The molecule has 0 aliphatic heterocycles. The Labute approximate surface area is 98.5 Å². The van der Waals surface area contributed by atoms with Crippen molar-refractivity contribution in [1.29, 1.82) is 0 Å². The summed E-state index contributed by atoms with van der Waals surface area (Å²) in [6.07, 6.45) is 1.01. The quantitative estimate of drug-likeness (QED) is 0.594. The van der Waals surface area contributed by atoms with E-state index in [1.54, 1.807) is 0 Å². The average Bonchev–Trinajstić information content (AvgIpc) is 2.14. The Hall–Kier alpha value is -0.210. The predicted molar refractivity (Wildman–Crippen MR) is 64.8 cm³/mol. The van der Waals surface area contributed by atoms with Crippen LogP contribution in [0.2, 0.25) is 5.02 Å². The standard InChI is InChI=1S/C11H14BrClO/c1-8-6-10(14-5-3-4-12)7-9(2)11(8)13/h6-7H,3-5H2,1-2H3. The van der Waals surface area contributed by atoms with Crippen LogP contribution >= 0.6 is 27.5 Å². The molecule has 0 spiro atoms. The number of aryl methyl sites for hydroxylation is 2. The molecule has 1 rings (SSSR count). The molecule has 0 heterocycles. The molecule has 78 valence electrons. The van der Waals surface area contributed by atoms with Crippen molar-refractivity contribution in [3.8, 4) is 5.75 Å². The zero-order valence-corrected chi connectivity index (χ0v) is 10.8. The summed E-state index contributed by atoms with van der Waals surface area (Å²) in [5.41, 5.74) is 2.14. The highest BCUT2D eigenvalue weighted by molar-refractivity contribution is 9.09. The highest BCUT2D eigenvalue weighted by Gasteiger charge is 2.02. The Kier molecular flexibility index (Phi) is 4.76. The molecular formula is C11H14BrClO. The second kappa shape index (κ2) is 5.62. The lowest BCUT2D eigenvalue weighted by molar-refractivity contribution is 0.318. The van der Waals surface area contributed by atoms with E-state index in [0.29, 0.717) is 0 Å². The number of halogens is 2. The highest BCUT2D eigenvalue weighted by atomic mass is 79.9. The van der Waals surface area contributed by atoms with Crippen LogP contribution in [0.5, 0.6) is 5.75 Å². The first-order valence-corrected chi connectivity index (χ1v) is 6.10. The topological polar surface area (TPSA) is 9.23 Å². The van der Waals surface area contributed by atoms with Gasteiger partial charge in [0.2, 0.25) is 0 Å². The molecule has 0 atom stereocenters. The molecule has 0 bridgehead atoms. The molecule has 0 N–H and O–H groups in total. The number of ether oxygens (including phenoxy) is 1. The maximum Gasteiger partial charge on any atom is 0.119 e. The number of alkyl halides is 1. The zero-order chi connectivity index (χ0) is 10.6. The lowest BCUT2D eigenvalue weighted by atomic mass is 10.1. The Morgan fingerprint density at radius 3 is 2.36 bits per heavy atom. The molecule has 1 aromatic rings. The molecule has 0 aromatic heterocycles. The fourth-order valence-corrected chi connectivity index (χ4v) is 1.57. The van der Waals surface area contributed by atoms with Crippen LogP contribution in [0, 0.1) is 13.8 Å². The first-order chi connectivity index (χ1) is 6.65. The summed E-state index contributed by atoms with van der Waals surface area (Å²) in [7, 11) is 0. The molecule has 14 heavy (non-hydrogen) atoms. The SMILES string of the molecule is Cc1cc(OCCCBr)cc(C)c1Cl. The van der Waals surface area contributed by atoms with Gasteiger partial charge in [-0.25, -0.2) is 0 Å². The summed E-state index contributed by atoms with van der Waals surface area (Å²) in [4.78, 5) is 0. The van der Waals surface area contributed by atoms with Gasteiger partial charge in [-0.15, -0.1) is 0 Å². The van der Waals surface area contributed by atoms with Crippen molar-refractivity contribution >= 4 is 27.5 Å². The lowest BCUT2D eigenvalue weighted by Crippen LogP contribution is -1.98. The highest BCUT2D eigenvalue weighted by Crippen LogP contribution is 2.25. The maximum atomic E-state index is 6.05. The van der Waals surface area contributed by atoms with E-state index < -0.39 is 0 Å². The van der Waals surface area contributed by atoms with Gasteiger partial charge in [-0.1, -0.05) is 27.5 Å². The van der Waals surface area contributed by atoms with Crippen LogP contribution in [-0.2, 0) is 0 Å². The van der Waals surface area contributed by atoms with Crippen molar-refractivity contribution in [2.24, 2.45) is 0 Å². The van der Waals surface area contributed by atoms with Gasteiger partial charge in [0.25, 0.3) is 0 Å². The number of rotatable bonds is 4. The van der Waals surface area contributed by atoms with Crippen molar-refractivity contribution in [1.82, 2.24) is 0 Å². The minimum absolute atomic E-state index is 0.742. The third-order valence-corrected chi connectivity index (χ3v) is 3.11. The molecule has 0 unspecified atom stereocenters. The van der Waals surface area contributed by atoms with Crippen LogP contribution in [0.4, 0.5) is 0 Å². The number of benzene rings is 1. The van der Waals surface area contributed by atoms with Gasteiger partial charge in [-0.2, -0.15) is 0 Å². The Morgan fingerprint density at radius 1 is 1.29 bits per heavy atom. The van der Waals surface area contributed by atoms with Gasteiger partial charge in [0.1, 0.15) is 5.75 Å². The summed E-state index contributed by atoms with van der Waals surface area (Å²) in [6, 6.07) is 3.95. The Balaban J connectivity index is 2.69. The van der Waals surface area contributed by atoms with Gasteiger partial charge in [0.05, 0.1) is 6.61 Å². The van der Waals surface area contributed by atoms with Gasteiger partial charge in [-0.3, -0.25) is 0 Å². The van der Waals surface area contributed by atoms with Crippen molar-refractivity contribution in [2.75, 3.05) is 11.9 Å². The minimum Gasteiger partial charge on any atom is -0.494 e. The summed E-state index contributed by atoms with van der Waals surface area (Å²) >= 11 is 9.41. The van der Waals surface area contributed by atoms with Crippen molar-refractivity contribution in [2.45, 2.75) is 20.3 Å². The van der Waals surface area contributed by atoms with Crippen molar-refractivity contribution in [3.63, 3.8) is 0 Å². The first-order valence-electron chi connectivity index (χ1n) is 4.60. The minimum atomic E-state index is 0.742. The van der Waals surface area contributed by atoms with Crippen LogP contribution in [0.25, 0.3) is 0 Å². The van der Waals surface area contributed by atoms with E-state index in [-0.39, 0.29) is 0 Å². The molecule has 1 aromatic carbocycles. The first kappa shape index (κ1) is 11.9. The summed E-state index contributed by atoms with van der Waals surface area (Å²) < 4.78 is 5.57. The van der Waals surface area contributed by atoms with Gasteiger partial charge >= 0.3 is 0 Å². The van der Waals surface area contributed by atoms with E-state index in [2.05, 4.69) is 15.9 Å². The second-order valence-corrected chi connectivity index (χ2v) is 4.43. The fraction of sp³-hybridized carbons (Fsp3) is 0.455. The molecule has 1 nitrogen and oxygen atoms in total. The van der Waals surface area contributed by atoms with Crippen LogP contribution in [0.1, 0.15) is 17.5 Å². The van der Waals surface area contributed by atoms with Crippen molar-refractivity contribution < 1.29 is 4.74 Å². The lowest BCUT2D eigenvalue weighted by Gasteiger charge is -2.09. The predicted octanol–water partition coefficient (Wildman–Crippen LogP) is 4.12. The van der Waals surface area contributed by atoms with E-state index in [9.17, 15) is 0 Å². The van der Waals surface area contributed by atoms with E-state index >= 15 is 0 Å². The Bertz CT molecular complexity index is 289. The second-order valence-electron chi connectivity index (χ2n) is 3.26. The molecule has 0 aliphatic carbocycles. The average molecular weight is 278 g/mol. The van der Waals surface area contributed by atoms with E-state index in [1.165, 1.54) is 0 Å². The van der Waals surface area contributed by atoms with Crippen LogP contribution in [0.3, 0.4) is 0 Å². The van der Waals surface area contributed by atoms with Gasteiger partial charge in [-0.05, 0) is 43.5 Å². The fourth-order valence-electron chi connectivity index (χ4n) is 1.23. The van der Waals surface area contributed by atoms with Gasteiger partial charge in [0, 0.05) is 10.4 Å². The molecule has 0 amide bonds. The van der Waals surface area contributed by atoms with Crippen LogP contribution < -0.4 is 4.74 Å². The third-order valence-electron chi connectivity index (χ3n) is 1.96. The Morgan fingerprint density at radius 2 is 1.86 bits per heavy atom. The smallest absolute Gasteiger partial charge is 0.119 e. The van der Waals surface area contributed by atoms with Crippen LogP contribution in [-0.4, -0.2) is 11.9 Å². The molecule has 0 saturated carbocycles. The van der Waals surface area contributed by atoms with Crippen molar-refractivity contribution in [3.05, 3.63) is 28.3 Å². The summed E-state index contributed by atoms with van der Waals surface area (Å²) in [6.45, 7) is 4.73. The molecule has 3 heteroatoms. The third kappa shape index (κ3) is 3.18. The van der Waals surface area contributed by atoms with Gasteiger partial charge in [0.15, 0.2) is 0 Å². The van der Waals surface area contributed by atoms with E-state index in [4.69, 9.17) is 16.3 Å². The van der Waals surface area contributed by atoms with E-state index in [0.717, 1.165) is 40.3 Å². The molecule has 0 saturated heterocycles. The van der Waals surface area contributed by atoms with Crippen LogP contribution in [0.15, 0.2) is 12.1 Å². The van der Waals surface area contributed by atoms with Gasteiger partial charge < -0.3 is 4.74 Å². The molecule has 0 fully saturated rings. The molecule has 0 aliphatic rings. The number of hydrogen-bond acceptors (Lipinski definition) is 1. The summed E-state index contributed by atoms with van der Waals surface area (Å²) in [5, 5.41) is 1.80. The zero-order valence-electron chi connectivity index (χ0n) is 8.44. The molecular weight excluding hydrogens is 263 g/mol. The molecule has 0 radical (unpaired) electrons. The monoisotopic (exact) mass is 276 g/mol.